The first-order chi connectivity index (χ1) is 9.76. The molecule has 2 aromatic rings. The van der Waals surface area contributed by atoms with E-state index in [1.165, 1.54) is 0 Å². The maximum Gasteiger partial charge on any atom is 0.407 e. The fraction of sp³-hybridized carbons (Fsp3) is 0.400. The van der Waals surface area contributed by atoms with Crippen LogP contribution in [-0.4, -0.2) is 23.2 Å². The molecule has 6 heteroatoms. The predicted octanol–water partition coefficient (Wildman–Crippen LogP) is 4.54. The van der Waals surface area contributed by atoms with Gasteiger partial charge in [-0.3, -0.25) is 0 Å². The van der Waals surface area contributed by atoms with E-state index in [1.54, 1.807) is 6.07 Å². The van der Waals surface area contributed by atoms with E-state index in [0.717, 1.165) is 16.6 Å². The van der Waals surface area contributed by atoms with E-state index in [1.807, 2.05) is 32.9 Å². The molecule has 1 amide bonds. The molecule has 0 spiro atoms. The van der Waals surface area contributed by atoms with Crippen LogP contribution >= 0.6 is 23.2 Å². The highest BCUT2D eigenvalue weighted by Gasteiger charge is 2.15. The lowest BCUT2D eigenvalue weighted by Crippen LogP contribution is -2.33. The lowest BCUT2D eigenvalue weighted by atomic mass is 10.2. The van der Waals surface area contributed by atoms with Gasteiger partial charge in [-0.25, -0.2) is 4.79 Å². The number of halogens is 2. The van der Waals surface area contributed by atoms with Gasteiger partial charge in [0.2, 0.25) is 0 Å². The number of carbonyl (C=O) groups is 1. The van der Waals surface area contributed by atoms with Gasteiger partial charge in [0.25, 0.3) is 0 Å². The van der Waals surface area contributed by atoms with Crippen molar-refractivity contribution in [2.75, 3.05) is 6.54 Å². The van der Waals surface area contributed by atoms with Crippen molar-refractivity contribution in [3.05, 3.63) is 33.9 Å². The van der Waals surface area contributed by atoms with Crippen LogP contribution in [0.5, 0.6) is 0 Å². The zero-order valence-corrected chi connectivity index (χ0v) is 13.7. The Morgan fingerprint density at radius 3 is 2.71 bits per heavy atom. The Balaban J connectivity index is 1.95. The molecule has 21 heavy (non-hydrogen) atoms. The third-order valence-electron chi connectivity index (χ3n) is 2.80. The zero-order chi connectivity index (χ0) is 15.6. The van der Waals surface area contributed by atoms with Crippen LogP contribution in [-0.2, 0) is 11.2 Å². The average molecular weight is 329 g/mol. The van der Waals surface area contributed by atoms with Crippen molar-refractivity contribution in [3.63, 3.8) is 0 Å². The Morgan fingerprint density at radius 2 is 2.05 bits per heavy atom. The number of amides is 1. The van der Waals surface area contributed by atoms with E-state index < -0.39 is 11.7 Å². The summed E-state index contributed by atoms with van der Waals surface area (Å²) in [4.78, 5) is 14.8. The quantitative estimate of drug-likeness (QED) is 0.868. The molecule has 0 saturated heterocycles. The summed E-state index contributed by atoms with van der Waals surface area (Å²) in [5.74, 6) is 0. The number of nitrogens with one attached hydrogen (secondary N) is 2. The van der Waals surface area contributed by atoms with Gasteiger partial charge in [-0.05, 0) is 32.9 Å². The van der Waals surface area contributed by atoms with Gasteiger partial charge in [-0.15, -0.1) is 0 Å². The number of aromatic amines is 1. The summed E-state index contributed by atoms with van der Waals surface area (Å²) in [6, 6.07) is 5.67. The maximum absolute atomic E-state index is 11.5. The van der Waals surface area contributed by atoms with Gasteiger partial charge in [0.1, 0.15) is 5.60 Å². The molecule has 2 N–H and O–H groups in total. The molecule has 1 heterocycles. The fourth-order valence-electron chi connectivity index (χ4n) is 1.95. The molecule has 4 nitrogen and oxygen atoms in total. The molecule has 114 valence electrons. The van der Waals surface area contributed by atoms with Crippen LogP contribution in [0, 0.1) is 0 Å². The first-order valence-electron chi connectivity index (χ1n) is 6.69. The second kappa shape index (κ2) is 6.16. The molecule has 0 fully saturated rings. The number of benzene rings is 1. The van der Waals surface area contributed by atoms with Crippen molar-refractivity contribution in [3.8, 4) is 0 Å². The number of hydrogen-bond donors (Lipinski definition) is 2. The minimum absolute atomic E-state index is 0.417. The summed E-state index contributed by atoms with van der Waals surface area (Å²) < 4.78 is 5.17. The summed E-state index contributed by atoms with van der Waals surface area (Å²) in [6.45, 7) is 5.97. The molecule has 0 saturated carbocycles. The number of ether oxygens (including phenoxy) is 1. The predicted molar refractivity (Wildman–Crippen MR) is 86.3 cm³/mol. The maximum atomic E-state index is 11.5. The van der Waals surface area contributed by atoms with Gasteiger partial charge in [0.05, 0.1) is 15.6 Å². The smallest absolute Gasteiger partial charge is 0.407 e. The van der Waals surface area contributed by atoms with Crippen LogP contribution in [0.2, 0.25) is 10.0 Å². The number of hydrogen-bond acceptors (Lipinski definition) is 2. The molecular formula is C15H18Cl2N2O2. The number of alkyl carbamates (subject to hydrolysis) is 1. The highest BCUT2D eigenvalue weighted by atomic mass is 35.5. The summed E-state index contributed by atoms with van der Waals surface area (Å²) >= 11 is 12.1. The van der Waals surface area contributed by atoms with Crippen molar-refractivity contribution < 1.29 is 9.53 Å². The van der Waals surface area contributed by atoms with Gasteiger partial charge in [0.15, 0.2) is 0 Å². The number of fused-ring (bicyclic) bond motifs is 1. The van der Waals surface area contributed by atoms with Crippen molar-refractivity contribution in [2.45, 2.75) is 32.8 Å². The monoisotopic (exact) mass is 328 g/mol. The molecule has 0 aliphatic heterocycles. The standard InChI is InChI=1S/C15H18Cl2N2O2/c1-15(2,3)21-14(20)18-7-6-10-8-9-4-5-11(16)12(17)13(9)19-10/h4-5,8,19H,6-7H2,1-3H3,(H,18,20). The summed E-state index contributed by atoms with van der Waals surface area (Å²) in [5.41, 5.74) is 1.30. The van der Waals surface area contributed by atoms with Gasteiger partial charge in [-0.2, -0.15) is 0 Å². The van der Waals surface area contributed by atoms with Crippen LogP contribution in [0.4, 0.5) is 4.79 Å². The lowest BCUT2D eigenvalue weighted by Gasteiger charge is -2.19. The topological polar surface area (TPSA) is 54.1 Å². The van der Waals surface area contributed by atoms with Gasteiger partial charge >= 0.3 is 6.09 Å². The number of rotatable bonds is 3. The number of H-pyrrole nitrogens is 1. The molecule has 0 unspecified atom stereocenters. The summed E-state index contributed by atoms with van der Waals surface area (Å²) in [7, 11) is 0. The molecule has 1 aromatic carbocycles. The number of aromatic nitrogens is 1. The molecule has 0 aliphatic carbocycles. The van der Waals surface area contributed by atoms with E-state index in [-0.39, 0.29) is 0 Å². The van der Waals surface area contributed by atoms with E-state index in [0.29, 0.717) is 23.0 Å². The van der Waals surface area contributed by atoms with Gasteiger partial charge in [-0.1, -0.05) is 29.3 Å². The molecular weight excluding hydrogens is 311 g/mol. The van der Waals surface area contributed by atoms with Crippen molar-refractivity contribution in [1.29, 1.82) is 0 Å². The van der Waals surface area contributed by atoms with Crippen LogP contribution in [0.25, 0.3) is 10.9 Å². The third-order valence-corrected chi connectivity index (χ3v) is 3.61. The lowest BCUT2D eigenvalue weighted by molar-refractivity contribution is 0.0528. The van der Waals surface area contributed by atoms with E-state index in [2.05, 4.69) is 10.3 Å². The van der Waals surface area contributed by atoms with Gasteiger partial charge < -0.3 is 15.0 Å². The van der Waals surface area contributed by atoms with Crippen molar-refractivity contribution in [1.82, 2.24) is 10.3 Å². The first kappa shape index (κ1) is 16.0. The molecule has 0 bridgehead atoms. The molecule has 2 rings (SSSR count). The van der Waals surface area contributed by atoms with E-state index >= 15 is 0 Å². The third kappa shape index (κ3) is 4.29. The largest absolute Gasteiger partial charge is 0.444 e. The SMILES string of the molecule is CC(C)(C)OC(=O)NCCc1cc2ccc(Cl)c(Cl)c2[nH]1. The normalized spacial score (nSPS) is 11.7. The van der Waals surface area contributed by atoms with Crippen molar-refractivity contribution in [2.24, 2.45) is 0 Å². The van der Waals surface area contributed by atoms with Crippen molar-refractivity contribution >= 4 is 40.2 Å². The Bertz CT molecular complexity index is 659. The second-order valence-electron chi connectivity index (χ2n) is 5.80. The average Bonchev–Trinajstić information content (AvgIpc) is 2.75. The Hall–Kier alpha value is -1.39. The molecule has 0 aliphatic rings. The Morgan fingerprint density at radius 1 is 1.33 bits per heavy atom. The van der Waals surface area contributed by atoms with Crippen LogP contribution in [0.3, 0.4) is 0 Å². The molecule has 1 aromatic heterocycles. The highest BCUT2D eigenvalue weighted by molar-refractivity contribution is 6.45. The molecule has 0 radical (unpaired) electrons. The van der Waals surface area contributed by atoms with Crippen LogP contribution in [0.1, 0.15) is 26.5 Å². The first-order valence-corrected chi connectivity index (χ1v) is 7.44. The fourth-order valence-corrected chi connectivity index (χ4v) is 2.32. The number of carbonyl (C=O) groups excluding carboxylic acids is 1. The Labute approximate surface area is 133 Å². The molecule has 0 atom stereocenters. The highest BCUT2D eigenvalue weighted by Crippen LogP contribution is 2.30. The minimum atomic E-state index is -0.491. The van der Waals surface area contributed by atoms with Gasteiger partial charge in [0, 0.05) is 24.0 Å². The van der Waals surface area contributed by atoms with Crippen LogP contribution < -0.4 is 5.32 Å². The zero-order valence-electron chi connectivity index (χ0n) is 12.2. The minimum Gasteiger partial charge on any atom is -0.444 e. The second-order valence-corrected chi connectivity index (χ2v) is 6.58. The van der Waals surface area contributed by atoms with E-state index in [9.17, 15) is 4.79 Å². The summed E-state index contributed by atoms with van der Waals surface area (Å²) in [5, 5.41) is 4.75. The van der Waals surface area contributed by atoms with Crippen LogP contribution in [0.15, 0.2) is 18.2 Å². The Kier molecular flexibility index (Phi) is 4.69. The summed E-state index contributed by atoms with van der Waals surface area (Å²) in [6.07, 6.45) is 0.238. The van der Waals surface area contributed by atoms with E-state index in [4.69, 9.17) is 27.9 Å².